The predicted octanol–water partition coefficient (Wildman–Crippen LogP) is 3.82. The highest BCUT2D eigenvalue weighted by atomic mass is 16.4. The monoisotopic (exact) mass is 436 g/mol. The summed E-state index contributed by atoms with van der Waals surface area (Å²) in [5.41, 5.74) is 2.26. The standard InChI is InChI=1S/C25H28N2O5/c1-26(2)19-14-12-17(13-15-19)22-21(23(30)18-9-5-3-6-10-18)24(31)25(32)27(22)16-8-4-7-11-20(28)29/h3,5-6,9-10,12-15,22,30H,4,7-8,11,16H2,1-2H3,(H,28,29)/b23-21+/t22-/m0/s1. The molecule has 1 aliphatic rings. The number of carbonyl (C=O) groups is 3. The number of aliphatic hydroxyl groups is 1. The van der Waals surface area contributed by atoms with Crippen molar-refractivity contribution >= 4 is 29.1 Å². The first-order chi connectivity index (χ1) is 15.3. The molecule has 1 fully saturated rings. The maximum absolute atomic E-state index is 13.0. The summed E-state index contributed by atoms with van der Waals surface area (Å²) in [7, 11) is 3.85. The number of aliphatic hydroxyl groups excluding tert-OH is 1. The second-order valence-corrected chi connectivity index (χ2v) is 8.05. The number of nitrogens with zero attached hydrogens (tertiary/aromatic N) is 2. The third kappa shape index (κ3) is 4.99. The molecule has 2 aromatic rings. The van der Waals surface area contributed by atoms with Gasteiger partial charge in [0.1, 0.15) is 5.76 Å². The molecular formula is C25H28N2O5. The van der Waals surface area contributed by atoms with Crippen LogP contribution in [0.3, 0.4) is 0 Å². The highest BCUT2D eigenvalue weighted by molar-refractivity contribution is 6.46. The number of benzene rings is 2. The fraction of sp³-hybridized carbons (Fsp3) is 0.320. The summed E-state index contributed by atoms with van der Waals surface area (Å²) in [5.74, 6) is -2.41. The molecule has 1 aliphatic heterocycles. The van der Waals surface area contributed by atoms with Crippen molar-refractivity contribution in [1.82, 2.24) is 4.90 Å². The van der Waals surface area contributed by atoms with E-state index in [2.05, 4.69) is 0 Å². The van der Waals surface area contributed by atoms with E-state index < -0.39 is 23.7 Å². The Labute approximate surface area is 187 Å². The van der Waals surface area contributed by atoms with Crippen molar-refractivity contribution in [3.8, 4) is 0 Å². The van der Waals surface area contributed by atoms with E-state index in [9.17, 15) is 19.5 Å². The van der Waals surface area contributed by atoms with Crippen molar-refractivity contribution < 1.29 is 24.6 Å². The molecule has 0 bridgehead atoms. The van der Waals surface area contributed by atoms with Crippen molar-refractivity contribution in [3.05, 3.63) is 71.3 Å². The fourth-order valence-corrected chi connectivity index (χ4v) is 3.90. The Morgan fingerprint density at radius 2 is 1.59 bits per heavy atom. The number of ketones is 1. The van der Waals surface area contributed by atoms with Gasteiger partial charge in [-0.3, -0.25) is 14.4 Å². The summed E-state index contributed by atoms with van der Waals surface area (Å²) >= 11 is 0. The smallest absolute Gasteiger partial charge is 0.303 e. The Morgan fingerprint density at radius 1 is 0.938 bits per heavy atom. The van der Waals surface area contributed by atoms with E-state index in [1.807, 2.05) is 49.3 Å². The molecule has 168 valence electrons. The van der Waals surface area contributed by atoms with E-state index in [0.29, 0.717) is 31.4 Å². The van der Waals surface area contributed by atoms with E-state index in [1.54, 1.807) is 24.3 Å². The van der Waals surface area contributed by atoms with Crippen molar-refractivity contribution in [3.63, 3.8) is 0 Å². The number of anilines is 1. The number of Topliss-reactive ketones (excluding diaryl/α,β-unsaturated/α-hetero) is 1. The number of aliphatic carboxylic acids is 1. The Hall–Kier alpha value is -3.61. The van der Waals surface area contributed by atoms with Crippen LogP contribution < -0.4 is 4.90 Å². The molecule has 7 heteroatoms. The summed E-state index contributed by atoms with van der Waals surface area (Å²) in [5, 5.41) is 19.8. The number of amides is 1. The normalized spacial score (nSPS) is 17.6. The summed E-state index contributed by atoms with van der Waals surface area (Å²) in [6.07, 6.45) is 1.77. The molecule has 1 saturated heterocycles. The first-order valence-corrected chi connectivity index (χ1v) is 10.6. The minimum Gasteiger partial charge on any atom is -0.507 e. The number of carboxylic acids is 1. The molecule has 0 radical (unpaired) electrons. The number of hydrogen-bond acceptors (Lipinski definition) is 5. The van der Waals surface area contributed by atoms with Crippen molar-refractivity contribution in [2.24, 2.45) is 0 Å². The number of likely N-dealkylation sites (tertiary alicyclic amines) is 1. The molecule has 0 spiro atoms. The minimum atomic E-state index is -0.853. The SMILES string of the molecule is CN(C)c1ccc([C@H]2/C(=C(\O)c3ccccc3)C(=O)C(=O)N2CCCCCC(=O)O)cc1. The quantitative estimate of drug-likeness (QED) is 0.268. The van der Waals surface area contributed by atoms with Gasteiger partial charge in [-0.05, 0) is 30.5 Å². The predicted molar refractivity (Wildman–Crippen MR) is 122 cm³/mol. The fourth-order valence-electron chi connectivity index (χ4n) is 3.90. The van der Waals surface area contributed by atoms with Crippen LogP contribution in [0.4, 0.5) is 5.69 Å². The topological polar surface area (TPSA) is 98.2 Å². The Bertz CT molecular complexity index is 1010. The maximum atomic E-state index is 13.0. The number of hydrogen-bond donors (Lipinski definition) is 2. The number of unbranched alkanes of at least 4 members (excludes halogenated alkanes) is 2. The van der Waals surface area contributed by atoms with E-state index in [0.717, 1.165) is 11.3 Å². The van der Waals surface area contributed by atoms with E-state index in [1.165, 1.54) is 4.90 Å². The molecule has 0 aromatic heterocycles. The van der Waals surface area contributed by atoms with Crippen LogP contribution in [0.25, 0.3) is 5.76 Å². The van der Waals surface area contributed by atoms with E-state index in [-0.39, 0.29) is 17.8 Å². The average molecular weight is 437 g/mol. The Morgan fingerprint density at radius 3 is 2.19 bits per heavy atom. The van der Waals surface area contributed by atoms with Crippen LogP contribution in [0.2, 0.25) is 0 Å². The zero-order valence-corrected chi connectivity index (χ0v) is 18.3. The molecule has 1 amide bonds. The lowest BCUT2D eigenvalue weighted by molar-refractivity contribution is -0.140. The molecule has 0 aliphatic carbocycles. The molecule has 1 heterocycles. The van der Waals surface area contributed by atoms with Gasteiger partial charge in [-0.15, -0.1) is 0 Å². The average Bonchev–Trinajstić information content (AvgIpc) is 3.03. The Balaban J connectivity index is 1.97. The van der Waals surface area contributed by atoms with Gasteiger partial charge in [-0.2, -0.15) is 0 Å². The van der Waals surface area contributed by atoms with Gasteiger partial charge in [0, 0.05) is 38.3 Å². The summed E-state index contributed by atoms with van der Waals surface area (Å²) < 4.78 is 0. The van der Waals surface area contributed by atoms with Gasteiger partial charge in [-0.1, -0.05) is 48.9 Å². The van der Waals surface area contributed by atoms with E-state index >= 15 is 0 Å². The molecule has 1 atom stereocenters. The van der Waals surface area contributed by atoms with Gasteiger partial charge in [0.15, 0.2) is 0 Å². The molecule has 7 nitrogen and oxygen atoms in total. The second-order valence-electron chi connectivity index (χ2n) is 8.05. The van der Waals surface area contributed by atoms with Gasteiger partial charge < -0.3 is 20.0 Å². The zero-order chi connectivity index (χ0) is 23.3. The van der Waals surface area contributed by atoms with Crippen LogP contribution in [0.1, 0.15) is 42.9 Å². The van der Waals surface area contributed by atoms with Gasteiger partial charge in [-0.25, -0.2) is 0 Å². The Kier molecular flexibility index (Phi) is 7.30. The second kappa shape index (κ2) is 10.1. The van der Waals surface area contributed by atoms with Gasteiger partial charge in [0.2, 0.25) is 0 Å². The lowest BCUT2D eigenvalue weighted by atomic mass is 9.95. The number of carbonyl (C=O) groups excluding carboxylic acids is 2. The summed E-state index contributed by atoms with van der Waals surface area (Å²) in [6.45, 7) is 0.301. The van der Waals surface area contributed by atoms with Crippen molar-refractivity contribution in [2.45, 2.75) is 31.7 Å². The van der Waals surface area contributed by atoms with Crippen LogP contribution in [0.5, 0.6) is 0 Å². The molecule has 32 heavy (non-hydrogen) atoms. The highest BCUT2D eigenvalue weighted by Gasteiger charge is 2.45. The molecular weight excluding hydrogens is 408 g/mol. The first-order valence-electron chi connectivity index (χ1n) is 10.6. The molecule has 3 rings (SSSR count). The zero-order valence-electron chi connectivity index (χ0n) is 18.3. The largest absolute Gasteiger partial charge is 0.507 e. The number of rotatable bonds is 9. The van der Waals surface area contributed by atoms with E-state index in [4.69, 9.17) is 5.11 Å². The lowest BCUT2D eigenvalue weighted by Crippen LogP contribution is -2.30. The summed E-state index contributed by atoms with van der Waals surface area (Å²) in [6, 6.07) is 15.6. The van der Waals surface area contributed by atoms with Gasteiger partial charge in [0.05, 0.1) is 11.6 Å². The van der Waals surface area contributed by atoms with Crippen LogP contribution in [-0.4, -0.2) is 53.4 Å². The molecule has 2 aromatic carbocycles. The van der Waals surface area contributed by atoms with Crippen LogP contribution >= 0.6 is 0 Å². The lowest BCUT2D eigenvalue weighted by Gasteiger charge is -2.26. The number of carboxylic acid groups (broad SMARTS) is 1. The van der Waals surface area contributed by atoms with Crippen LogP contribution in [-0.2, 0) is 14.4 Å². The summed E-state index contributed by atoms with van der Waals surface area (Å²) in [4.78, 5) is 40.1. The molecule has 0 saturated carbocycles. The minimum absolute atomic E-state index is 0.0717. The first kappa shape index (κ1) is 23.1. The van der Waals surface area contributed by atoms with Crippen LogP contribution in [0.15, 0.2) is 60.2 Å². The third-order valence-electron chi connectivity index (χ3n) is 5.60. The van der Waals surface area contributed by atoms with Crippen LogP contribution in [0, 0.1) is 0 Å². The highest BCUT2D eigenvalue weighted by Crippen LogP contribution is 2.40. The van der Waals surface area contributed by atoms with Gasteiger partial charge in [0.25, 0.3) is 11.7 Å². The van der Waals surface area contributed by atoms with Gasteiger partial charge >= 0.3 is 5.97 Å². The molecule has 2 N–H and O–H groups in total. The molecule has 0 unspecified atom stereocenters. The van der Waals surface area contributed by atoms with Crippen molar-refractivity contribution in [1.29, 1.82) is 0 Å². The maximum Gasteiger partial charge on any atom is 0.303 e. The third-order valence-corrected chi connectivity index (χ3v) is 5.60. The van der Waals surface area contributed by atoms with Crippen molar-refractivity contribution in [2.75, 3.05) is 25.5 Å².